The Balaban J connectivity index is 6.13. The Labute approximate surface area is 148 Å². The molecule has 0 aliphatic carbocycles. The summed E-state index contributed by atoms with van der Waals surface area (Å²) in [4.78, 5) is 30.0. The van der Waals surface area contributed by atoms with Crippen molar-refractivity contribution in [3.8, 4) is 0 Å². The smallest absolute Gasteiger partial charge is 0.368 e. The van der Waals surface area contributed by atoms with Crippen LogP contribution >= 0.6 is 23.0 Å². The monoisotopic (exact) mass is 426 g/mol. The lowest BCUT2D eigenvalue weighted by molar-refractivity contribution is 0.0157. The van der Waals surface area contributed by atoms with Gasteiger partial charge in [-0.2, -0.15) is 4.31 Å². The van der Waals surface area contributed by atoms with Crippen LogP contribution in [0.3, 0.4) is 0 Å². The second kappa shape index (κ2) is 9.07. The highest BCUT2D eigenvalue weighted by molar-refractivity contribution is 7.63. The van der Waals surface area contributed by atoms with Crippen LogP contribution in [0.1, 0.15) is 53.4 Å². The molecule has 0 rings (SSSR count). The summed E-state index contributed by atoms with van der Waals surface area (Å²) in [5.41, 5.74) is 0. The first-order valence-corrected chi connectivity index (χ1v) is 12.4. The predicted octanol–water partition coefficient (Wildman–Crippen LogP) is 3.82. The number of phosphoric acid groups is 2. The molecule has 0 amide bonds. The van der Waals surface area contributed by atoms with Crippen LogP contribution in [0.15, 0.2) is 0 Å². The van der Waals surface area contributed by atoms with Gasteiger partial charge in [0.15, 0.2) is 5.34 Å². The van der Waals surface area contributed by atoms with Gasteiger partial charge in [-0.05, 0) is 25.7 Å². The molecule has 0 aromatic rings. The number of hydrogen-bond donors (Lipinski definition) is 3. The van der Waals surface area contributed by atoms with E-state index < -0.39 is 33.7 Å². The summed E-state index contributed by atoms with van der Waals surface area (Å²) in [6, 6.07) is 0. The summed E-state index contributed by atoms with van der Waals surface area (Å²) in [6.07, 6.45) is 0.0100. The number of hydrogen-bond acceptors (Lipinski definition) is 7. The van der Waals surface area contributed by atoms with Gasteiger partial charge in [0.25, 0.3) is 7.37 Å². The van der Waals surface area contributed by atoms with E-state index in [1.54, 1.807) is 13.8 Å². The van der Waals surface area contributed by atoms with Crippen molar-refractivity contribution >= 4 is 23.0 Å². The van der Waals surface area contributed by atoms with Crippen LogP contribution in [0.25, 0.3) is 0 Å². The maximum Gasteiger partial charge on any atom is 0.482 e. The van der Waals surface area contributed by atoms with Gasteiger partial charge in [-0.15, -0.1) is 0 Å². The van der Waals surface area contributed by atoms with Crippen LogP contribution in [0.5, 0.6) is 0 Å². The molecule has 3 atom stereocenters. The molecule has 0 radical (unpaired) electrons. The Morgan fingerprint density at radius 1 is 0.760 bits per heavy atom. The minimum absolute atomic E-state index is 0.140. The Morgan fingerprint density at radius 3 is 1.44 bits per heavy atom. The van der Waals surface area contributed by atoms with Gasteiger partial charge in [-0.25, -0.2) is 9.13 Å². The molecule has 0 saturated heterocycles. The maximum atomic E-state index is 13.4. The predicted molar refractivity (Wildman–Crippen MR) is 92.3 cm³/mol. The highest BCUT2D eigenvalue weighted by Crippen LogP contribution is 2.74. The molecule has 152 valence electrons. The van der Waals surface area contributed by atoms with E-state index in [9.17, 15) is 28.4 Å². The molecule has 0 heterocycles. The third-order valence-corrected chi connectivity index (χ3v) is 11.0. The first-order valence-electron chi connectivity index (χ1n) is 7.79. The number of methoxy groups -OCH3 is 1. The highest BCUT2D eigenvalue weighted by atomic mass is 31.3. The van der Waals surface area contributed by atoms with Crippen molar-refractivity contribution in [1.82, 2.24) is 0 Å². The van der Waals surface area contributed by atoms with Gasteiger partial charge in [0.2, 0.25) is 0 Å². The van der Waals surface area contributed by atoms with E-state index >= 15 is 0 Å². The molecule has 0 aliphatic rings. The quantitative estimate of drug-likeness (QED) is 0.393. The van der Waals surface area contributed by atoms with Crippen molar-refractivity contribution in [3.05, 3.63) is 0 Å². The molecule has 0 saturated carbocycles. The molecule has 0 aliphatic heterocycles. The summed E-state index contributed by atoms with van der Waals surface area (Å²) >= 11 is 0. The molecule has 3 N–H and O–H groups in total. The molecule has 0 spiro atoms. The fourth-order valence-electron chi connectivity index (χ4n) is 2.72. The zero-order valence-corrected chi connectivity index (χ0v) is 18.1. The van der Waals surface area contributed by atoms with Crippen LogP contribution in [-0.2, 0) is 31.8 Å². The molecule has 25 heavy (non-hydrogen) atoms. The van der Waals surface area contributed by atoms with Crippen molar-refractivity contribution < 1.29 is 46.5 Å². The first-order chi connectivity index (χ1) is 11.3. The number of ether oxygens (including phenoxy) is 1. The molecule has 0 bridgehead atoms. The topological polar surface area (TPSA) is 149 Å². The third-order valence-electron chi connectivity index (χ3n) is 4.42. The van der Waals surface area contributed by atoms with Crippen molar-refractivity contribution in [2.24, 2.45) is 0 Å². The first kappa shape index (κ1) is 25.4. The van der Waals surface area contributed by atoms with Crippen molar-refractivity contribution in [3.63, 3.8) is 0 Å². The number of rotatable bonds is 12. The Kier molecular flexibility index (Phi) is 9.22. The molecule has 0 aromatic carbocycles. The fraction of sp³-hybridized carbons (Fsp3) is 1.00. The zero-order valence-electron chi connectivity index (χ0n) is 15.4. The summed E-state index contributed by atoms with van der Waals surface area (Å²) in [5.74, 6) is 0. The van der Waals surface area contributed by atoms with Crippen LogP contribution in [0.2, 0.25) is 0 Å². The summed E-state index contributed by atoms with van der Waals surface area (Å²) in [5, 5.41) is -3.53. The van der Waals surface area contributed by atoms with Gasteiger partial charge >= 0.3 is 15.6 Å². The second-order valence-corrected chi connectivity index (χ2v) is 11.2. The lowest BCUT2D eigenvalue weighted by atomic mass is 10.2. The van der Waals surface area contributed by atoms with Crippen LogP contribution in [0.4, 0.5) is 0 Å². The second-order valence-electron chi connectivity index (χ2n) is 5.38. The lowest BCUT2D eigenvalue weighted by Crippen LogP contribution is -2.42. The molecule has 0 aromatic heterocycles. The zero-order chi connectivity index (χ0) is 20.2. The largest absolute Gasteiger partial charge is 0.482 e. The van der Waals surface area contributed by atoms with Gasteiger partial charge in [0.1, 0.15) is 5.34 Å². The van der Waals surface area contributed by atoms with Gasteiger partial charge < -0.3 is 19.4 Å². The highest BCUT2D eigenvalue weighted by Gasteiger charge is 2.61. The normalized spacial score (nSPS) is 20.5. The molecular formula is C12H29O10P3. The molecule has 3 unspecified atom stereocenters. The Morgan fingerprint density at radius 2 is 1.16 bits per heavy atom. The molecule has 10 nitrogen and oxygen atoms in total. The van der Waals surface area contributed by atoms with E-state index in [1.807, 2.05) is 0 Å². The SMILES string of the molecule is CCC(CC)(OC)P(=O)(O)C(CC)(CC)OP(=O)(O)OP(=O)(O)OC. The van der Waals surface area contributed by atoms with Crippen LogP contribution in [0, 0.1) is 0 Å². The summed E-state index contributed by atoms with van der Waals surface area (Å²) in [6.45, 7) is 6.28. The minimum Gasteiger partial charge on any atom is -0.368 e. The third kappa shape index (κ3) is 5.23. The van der Waals surface area contributed by atoms with E-state index in [1.165, 1.54) is 21.0 Å². The minimum atomic E-state index is -5.21. The lowest BCUT2D eigenvalue weighted by Gasteiger charge is -2.45. The Bertz CT molecular complexity index is 561. The van der Waals surface area contributed by atoms with Crippen molar-refractivity contribution in [2.75, 3.05) is 14.2 Å². The van der Waals surface area contributed by atoms with E-state index in [2.05, 4.69) is 8.83 Å². The number of phosphoric ester groups is 2. The van der Waals surface area contributed by atoms with E-state index in [4.69, 9.17) is 9.26 Å². The van der Waals surface area contributed by atoms with E-state index in [0.29, 0.717) is 0 Å². The van der Waals surface area contributed by atoms with Crippen molar-refractivity contribution in [1.29, 1.82) is 0 Å². The average molecular weight is 426 g/mol. The molecule has 13 heteroatoms. The van der Waals surface area contributed by atoms with Crippen molar-refractivity contribution in [2.45, 2.75) is 64.1 Å². The molecular weight excluding hydrogens is 397 g/mol. The van der Waals surface area contributed by atoms with Crippen LogP contribution < -0.4 is 0 Å². The summed E-state index contributed by atoms with van der Waals surface area (Å²) < 4.78 is 55.6. The molecule has 0 fully saturated rings. The Hall–Kier alpha value is 0.410. The standard InChI is InChI=1S/C12H29O10P3/c1-7-11(8-2,19-5)23(13,14)12(9-3,10-4)21-25(17,18)22-24(15,16)20-6/h7-10H2,1-6H3,(H,13,14)(H,15,16)(H,17,18). The van der Waals surface area contributed by atoms with Gasteiger partial charge in [-0.1, -0.05) is 27.7 Å². The fourth-order valence-corrected chi connectivity index (χ4v) is 8.31. The van der Waals surface area contributed by atoms with Crippen LogP contribution in [-0.4, -0.2) is 39.6 Å². The maximum absolute atomic E-state index is 13.4. The van der Waals surface area contributed by atoms with Gasteiger partial charge in [0.05, 0.1) is 0 Å². The van der Waals surface area contributed by atoms with E-state index in [0.717, 1.165) is 7.11 Å². The van der Waals surface area contributed by atoms with Gasteiger partial charge in [0, 0.05) is 14.2 Å². The average Bonchev–Trinajstić information content (AvgIpc) is 2.53. The van der Waals surface area contributed by atoms with Gasteiger partial charge in [-0.3, -0.25) is 13.6 Å². The van der Waals surface area contributed by atoms with E-state index in [-0.39, 0.29) is 25.7 Å². The summed E-state index contributed by atoms with van der Waals surface area (Å²) in [7, 11) is -12.4.